The molecule has 1 aliphatic rings. The van der Waals surface area contributed by atoms with E-state index < -0.39 is 6.10 Å². The molecule has 0 bridgehead atoms. The number of aromatic nitrogens is 2. The molecular formula is C19H17N3O2. The summed E-state index contributed by atoms with van der Waals surface area (Å²) in [4.78, 5) is 16.9. The lowest BCUT2D eigenvalue weighted by atomic mass is 9.97. The molecule has 0 saturated heterocycles. The Labute approximate surface area is 139 Å². The quantitative estimate of drug-likeness (QED) is 0.805. The van der Waals surface area contributed by atoms with Crippen LogP contribution in [0.3, 0.4) is 0 Å². The van der Waals surface area contributed by atoms with Gasteiger partial charge >= 0.3 is 0 Å². The molecule has 3 aromatic rings. The van der Waals surface area contributed by atoms with Crippen LogP contribution in [0, 0.1) is 0 Å². The summed E-state index contributed by atoms with van der Waals surface area (Å²) in [7, 11) is 0. The summed E-state index contributed by atoms with van der Waals surface area (Å²) in [5.41, 5.74) is 2.00. The van der Waals surface area contributed by atoms with E-state index in [0.29, 0.717) is 5.95 Å². The molecule has 1 N–H and O–H groups in total. The van der Waals surface area contributed by atoms with E-state index in [1.165, 1.54) is 0 Å². The molecule has 2 atom stereocenters. The minimum absolute atomic E-state index is 0.00124. The number of para-hydroxylation sites is 2. The summed E-state index contributed by atoms with van der Waals surface area (Å²) in [6.07, 6.45) is 2.93. The molecule has 4 rings (SSSR count). The lowest BCUT2D eigenvalue weighted by Gasteiger charge is -2.15. The average Bonchev–Trinajstić information content (AvgIpc) is 3.21. The smallest absolute Gasteiger partial charge is 0.268 e. The van der Waals surface area contributed by atoms with Crippen LogP contribution in [0.25, 0.3) is 5.69 Å². The van der Waals surface area contributed by atoms with Gasteiger partial charge in [0.15, 0.2) is 6.10 Å². The fourth-order valence-electron chi connectivity index (χ4n) is 3.02. The van der Waals surface area contributed by atoms with Crippen molar-refractivity contribution in [2.45, 2.75) is 18.9 Å². The predicted octanol–water partition coefficient (Wildman–Crippen LogP) is 3.38. The Kier molecular flexibility index (Phi) is 3.54. The summed E-state index contributed by atoms with van der Waals surface area (Å²) in [6, 6.07) is 17.5. The zero-order valence-electron chi connectivity index (χ0n) is 13.2. The first-order valence-corrected chi connectivity index (χ1v) is 7.89. The van der Waals surface area contributed by atoms with E-state index in [9.17, 15) is 4.79 Å². The Hall–Kier alpha value is -3.08. The van der Waals surface area contributed by atoms with Crippen LogP contribution in [0.5, 0.6) is 5.75 Å². The van der Waals surface area contributed by atoms with E-state index in [0.717, 1.165) is 17.0 Å². The van der Waals surface area contributed by atoms with Crippen molar-refractivity contribution < 1.29 is 9.53 Å². The first-order valence-electron chi connectivity index (χ1n) is 7.89. The van der Waals surface area contributed by atoms with Crippen molar-refractivity contribution in [1.29, 1.82) is 0 Å². The van der Waals surface area contributed by atoms with Gasteiger partial charge in [-0.25, -0.2) is 4.98 Å². The SMILES string of the molecule is C[C@@H]1c2ccccc2O[C@H]1C(=O)Nc1nccn1-c1ccccc1. The zero-order valence-corrected chi connectivity index (χ0v) is 13.2. The number of hydrogen-bond donors (Lipinski definition) is 1. The number of amides is 1. The van der Waals surface area contributed by atoms with E-state index in [2.05, 4.69) is 10.3 Å². The van der Waals surface area contributed by atoms with Crippen LogP contribution < -0.4 is 10.1 Å². The van der Waals surface area contributed by atoms with E-state index in [1.807, 2.05) is 72.3 Å². The molecule has 0 radical (unpaired) electrons. The molecule has 0 saturated carbocycles. The van der Waals surface area contributed by atoms with Crippen molar-refractivity contribution in [2.24, 2.45) is 0 Å². The van der Waals surface area contributed by atoms with E-state index in [1.54, 1.807) is 6.20 Å². The number of benzene rings is 2. The number of hydrogen-bond acceptors (Lipinski definition) is 3. The van der Waals surface area contributed by atoms with Crippen LogP contribution in [-0.2, 0) is 4.79 Å². The van der Waals surface area contributed by atoms with Crippen LogP contribution in [0.2, 0.25) is 0 Å². The normalized spacial score (nSPS) is 18.7. The second kappa shape index (κ2) is 5.85. The Bertz CT molecular complexity index is 873. The maximum absolute atomic E-state index is 12.7. The molecule has 0 spiro atoms. The number of ether oxygens (including phenoxy) is 1. The van der Waals surface area contributed by atoms with Gasteiger partial charge in [-0.1, -0.05) is 43.3 Å². The summed E-state index contributed by atoms with van der Waals surface area (Å²) < 4.78 is 7.66. The molecule has 0 unspecified atom stereocenters. The fourth-order valence-corrected chi connectivity index (χ4v) is 3.02. The largest absolute Gasteiger partial charge is 0.480 e. The topological polar surface area (TPSA) is 56.1 Å². The Morgan fingerprint density at radius 1 is 1.12 bits per heavy atom. The second-order valence-corrected chi connectivity index (χ2v) is 5.81. The van der Waals surface area contributed by atoms with Gasteiger partial charge in [-0.15, -0.1) is 0 Å². The molecule has 1 aliphatic heterocycles. The molecular weight excluding hydrogens is 302 g/mol. The van der Waals surface area contributed by atoms with Crippen LogP contribution in [0.15, 0.2) is 67.0 Å². The van der Waals surface area contributed by atoms with Crippen molar-refractivity contribution in [2.75, 3.05) is 5.32 Å². The summed E-state index contributed by atoms with van der Waals surface area (Å²) in [5, 5.41) is 2.88. The number of rotatable bonds is 3. The second-order valence-electron chi connectivity index (χ2n) is 5.81. The van der Waals surface area contributed by atoms with Crippen molar-refractivity contribution in [3.05, 3.63) is 72.6 Å². The van der Waals surface area contributed by atoms with Crippen molar-refractivity contribution in [3.8, 4) is 11.4 Å². The molecule has 5 heteroatoms. The highest BCUT2D eigenvalue weighted by Crippen LogP contribution is 2.37. The summed E-state index contributed by atoms with van der Waals surface area (Å²) in [6.45, 7) is 2.00. The van der Waals surface area contributed by atoms with Gasteiger partial charge in [0.25, 0.3) is 5.91 Å². The standard InChI is InChI=1S/C19H17N3O2/c1-13-15-9-5-6-10-16(15)24-17(13)18(23)21-19-20-11-12-22(19)14-7-3-2-4-8-14/h2-13,17H,1H3,(H,20,21,23)/t13-,17-/m1/s1. The Morgan fingerprint density at radius 2 is 1.88 bits per heavy atom. The zero-order chi connectivity index (χ0) is 16.5. The van der Waals surface area contributed by atoms with E-state index >= 15 is 0 Å². The molecule has 0 aliphatic carbocycles. The monoisotopic (exact) mass is 319 g/mol. The Morgan fingerprint density at radius 3 is 2.67 bits per heavy atom. The molecule has 24 heavy (non-hydrogen) atoms. The van der Waals surface area contributed by atoms with E-state index in [4.69, 9.17) is 4.74 Å². The van der Waals surface area contributed by atoms with Crippen molar-refractivity contribution in [1.82, 2.24) is 9.55 Å². The number of anilines is 1. The fraction of sp³-hybridized carbons (Fsp3) is 0.158. The van der Waals surface area contributed by atoms with Gasteiger partial charge in [-0.2, -0.15) is 0 Å². The number of carbonyl (C=O) groups excluding carboxylic acids is 1. The van der Waals surface area contributed by atoms with Gasteiger partial charge in [0.1, 0.15) is 5.75 Å². The first-order chi connectivity index (χ1) is 11.7. The molecule has 2 heterocycles. The average molecular weight is 319 g/mol. The van der Waals surface area contributed by atoms with Gasteiger partial charge in [0, 0.05) is 29.6 Å². The van der Waals surface area contributed by atoms with Crippen LogP contribution in [-0.4, -0.2) is 21.6 Å². The minimum atomic E-state index is -0.552. The van der Waals surface area contributed by atoms with Crippen molar-refractivity contribution in [3.63, 3.8) is 0 Å². The minimum Gasteiger partial charge on any atom is -0.480 e. The Balaban J connectivity index is 1.56. The molecule has 1 aromatic heterocycles. The molecule has 120 valence electrons. The number of carbonyl (C=O) groups is 1. The predicted molar refractivity (Wildman–Crippen MR) is 91.5 cm³/mol. The third-order valence-corrected chi connectivity index (χ3v) is 4.29. The number of fused-ring (bicyclic) bond motifs is 1. The highest BCUT2D eigenvalue weighted by atomic mass is 16.5. The summed E-state index contributed by atoms with van der Waals surface area (Å²) >= 11 is 0. The molecule has 1 amide bonds. The van der Waals surface area contributed by atoms with Gasteiger partial charge in [-0.3, -0.25) is 14.7 Å². The summed E-state index contributed by atoms with van der Waals surface area (Å²) in [5.74, 6) is 1.07. The maximum Gasteiger partial charge on any atom is 0.268 e. The maximum atomic E-state index is 12.7. The van der Waals surface area contributed by atoms with Gasteiger partial charge < -0.3 is 4.74 Å². The lowest BCUT2D eigenvalue weighted by Crippen LogP contribution is -2.34. The number of imidazole rings is 1. The molecule has 5 nitrogen and oxygen atoms in total. The first kappa shape index (κ1) is 14.5. The van der Waals surface area contributed by atoms with Crippen LogP contribution >= 0.6 is 0 Å². The van der Waals surface area contributed by atoms with Gasteiger partial charge in [0.05, 0.1) is 0 Å². The third-order valence-electron chi connectivity index (χ3n) is 4.29. The van der Waals surface area contributed by atoms with Crippen LogP contribution in [0.4, 0.5) is 5.95 Å². The molecule has 0 fully saturated rings. The molecule has 2 aromatic carbocycles. The third kappa shape index (κ3) is 2.44. The lowest BCUT2D eigenvalue weighted by molar-refractivity contribution is -0.122. The van der Waals surface area contributed by atoms with E-state index in [-0.39, 0.29) is 11.8 Å². The van der Waals surface area contributed by atoms with Gasteiger partial charge in [-0.05, 0) is 18.2 Å². The van der Waals surface area contributed by atoms with Crippen LogP contribution in [0.1, 0.15) is 18.4 Å². The number of nitrogens with zero attached hydrogens (tertiary/aromatic N) is 2. The van der Waals surface area contributed by atoms with Gasteiger partial charge in [0.2, 0.25) is 5.95 Å². The van der Waals surface area contributed by atoms with Crippen molar-refractivity contribution >= 4 is 11.9 Å². The highest BCUT2D eigenvalue weighted by molar-refractivity contribution is 5.94. The number of nitrogens with one attached hydrogen (secondary N) is 1. The highest BCUT2D eigenvalue weighted by Gasteiger charge is 2.36.